The number of nitrogens with zero attached hydrogens (tertiary/aromatic N) is 3. The highest BCUT2D eigenvalue weighted by Crippen LogP contribution is 2.21. The highest BCUT2D eigenvalue weighted by atomic mass is 79.9. The molecule has 7 heteroatoms. The van der Waals surface area contributed by atoms with Crippen molar-refractivity contribution in [2.45, 2.75) is 26.8 Å². The molecule has 0 radical (unpaired) electrons. The number of nitrogens with one attached hydrogen (secondary N) is 1. The summed E-state index contributed by atoms with van der Waals surface area (Å²) < 4.78 is 7.86. The average molecular weight is 429 g/mol. The molecule has 6 nitrogen and oxygen atoms in total. The van der Waals surface area contributed by atoms with Crippen LogP contribution in [0.1, 0.15) is 40.3 Å². The van der Waals surface area contributed by atoms with E-state index in [1.165, 1.54) is 0 Å². The van der Waals surface area contributed by atoms with Gasteiger partial charge in [-0.1, -0.05) is 33.3 Å². The van der Waals surface area contributed by atoms with E-state index in [-0.39, 0.29) is 11.9 Å². The van der Waals surface area contributed by atoms with Gasteiger partial charge in [-0.2, -0.15) is 0 Å². The van der Waals surface area contributed by atoms with E-state index in [0.29, 0.717) is 11.4 Å². The standard InChI is InChI=1S/C20H21BrN4O2/c1-12-11-16(7-10-18(12)21)25-14(3)19(23-24-25)20(26)22-13(2)15-5-8-17(27-4)9-6-15/h5-11,13H,1-4H3,(H,22,26)/t13-/m0/s1. The fourth-order valence-corrected chi connectivity index (χ4v) is 3.03. The van der Waals surface area contributed by atoms with E-state index in [2.05, 4.69) is 31.6 Å². The molecule has 0 fully saturated rings. The Labute approximate surface area is 166 Å². The number of ether oxygens (including phenoxy) is 1. The minimum Gasteiger partial charge on any atom is -0.497 e. The third kappa shape index (κ3) is 4.03. The lowest BCUT2D eigenvalue weighted by atomic mass is 10.1. The Bertz CT molecular complexity index is 967. The minimum absolute atomic E-state index is 0.164. The van der Waals surface area contributed by atoms with E-state index >= 15 is 0 Å². The molecular weight excluding hydrogens is 408 g/mol. The summed E-state index contributed by atoms with van der Waals surface area (Å²) >= 11 is 3.49. The van der Waals surface area contributed by atoms with Crippen LogP contribution in [0.25, 0.3) is 5.69 Å². The van der Waals surface area contributed by atoms with Crippen LogP contribution >= 0.6 is 15.9 Å². The van der Waals surface area contributed by atoms with Crippen molar-refractivity contribution < 1.29 is 9.53 Å². The summed E-state index contributed by atoms with van der Waals surface area (Å²) in [6.45, 7) is 5.77. The summed E-state index contributed by atoms with van der Waals surface area (Å²) in [5.41, 5.74) is 3.94. The van der Waals surface area contributed by atoms with E-state index in [9.17, 15) is 4.79 Å². The zero-order chi connectivity index (χ0) is 19.6. The molecule has 0 unspecified atom stereocenters. The molecule has 1 N–H and O–H groups in total. The molecule has 2 aromatic carbocycles. The fourth-order valence-electron chi connectivity index (χ4n) is 2.79. The second kappa shape index (κ2) is 7.92. The third-order valence-corrected chi connectivity index (χ3v) is 5.35. The lowest BCUT2D eigenvalue weighted by Gasteiger charge is -2.14. The van der Waals surface area contributed by atoms with Gasteiger partial charge in [-0.3, -0.25) is 4.79 Å². The van der Waals surface area contributed by atoms with Gasteiger partial charge in [0.25, 0.3) is 5.91 Å². The molecule has 0 bridgehead atoms. The predicted octanol–water partition coefficient (Wildman–Crippen LogP) is 4.15. The van der Waals surface area contributed by atoms with Gasteiger partial charge in [0.1, 0.15) is 5.75 Å². The first kappa shape index (κ1) is 19.1. The fraction of sp³-hybridized carbons (Fsp3) is 0.250. The number of hydrogen-bond donors (Lipinski definition) is 1. The lowest BCUT2D eigenvalue weighted by molar-refractivity contribution is 0.0934. The number of carbonyl (C=O) groups is 1. The summed E-state index contributed by atoms with van der Waals surface area (Å²) in [4.78, 5) is 12.7. The first-order valence-corrected chi connectivity index (χ1v) is 9.33. The Morgan fingerprint density at radius 2 is 1.89 bits per heavy atom. The molecule has 0 aliphatic heterocycles. The van der Waals surface area contributed by atoms with Crippen molar-refractivity contribution in [1.29, 1.82) is 0 Å². The number of aryl methyl sites for hydroxylation is 1. The third-order valence-electron chi connectivity index (χ3n) is 4.46. The van der Waals surface area contributed by atoms with Crippen LogP contribution in [0.15, 0.2) is 46.9 Å². The minimum atomic E-state index is -0.254. The largest absolute Gasteiger partial charge is 0.497 e. The number of rotatable bonds is 5. The molecule has 0 spiro atoms. The molecule has 0 aliphatic rings. The van der Waals surface area contributed by atoms with Gasteiger partial charge >= 0.3 is 0 Å². The van der Waals surface area contributed by atoms with Crippen LogP contribution in [0.3, 0.4) is 0 Å². The Kier molecular flexibility index (Phi) is 5.60. The van der Waals surface area contributed by atoms with E-state index in [4.69, 9.17) is 4.74 Å². The van der Waals surface area contributed by atoms with Crippen LogP contribution in [0.4, 0.5) is 0 Å². The molecule has 0 saturated carbocycles. The van der Waals surface area contributed by atoms with E-state index in [1.54, 1.807) is 11.8 Å². The van der Waals surface area contributed by atoms with Crippen molar-refractivity contribution in [3.05, 3.63) is 69.5 Å². The smallest absolute Gasteiger partial charge is 0.274 e. The molecule has 1 amide bonds. The number of hydrogen-bond acceptors (Lipinski definition) is 4. The molecule has 3 rings (SSSR count). The highest BCUT2D eigenvalue weighted by Gasteiger charge is 2.19. The summed E-state index contributed by atoms with van der Waals surface area (Å²) in [5, 5.41) is 11.2. The highest BCUT2D eigenvalue weighted by molar-refractivity contribution is 9.10. The quantitative estimate of drug-likeness (QED) is 0.662. The zero-order valence-electron chi connectivity index (χ0n) is 15.7. The van der Waals surface area contributed by atoms with Crippen molar-refractivity contribution >= 4 is 21.8 Å². The van der Waals surface area contributed by atoms with E-state index < -0.39 is 0 Å². The van der Waals surface area contributed by atoms with E-state index in [0.717, 1.165) is 27.0 Å². The summed E-state index contributed by atoms with van der Waals surface area (Å²) in [7, 11) is 1.62. The van der Waals surface area contributed by atoms with Crippen molar-refractivity contribution in [1.82, 2.24) is 20.3 Å². The topological polar surface area (TPSA) is 69.0 Å². The first-order valence-electron chi connectivity index (χ1n) is 8.54. The van der Waals surface area contributed by atoms with Crippen LogP contribution in [-0.4, -0.2) is 28.0 Å². The summed E-state index contributed by atoms with van der Waals surface area (Å²) in [6, 6.07) is 13.3. The van der Waals surface area contributed by atoms with Crippen LogP contribution in [0, 0.1) is 13.8 Å². The van der Waals surface area contributed by atoms with Gasteiger partial charge < -0.3 is 10.1 Å². The Morgan fingerprint density at radius 3 is 2.52 bits per heavy atom. The van der Waals surface area contributed by atoms with Crippen LogP contribution in [0.5, 0.6) is 5.75 Å². The second-order valence-corrected chi connectivity index (χ2v) is 7.19. The lowest BCUT2D eigenvalue weighted by Crippen LogP contribution is -2.27. The second-order valence-electron chi connectivity index (χ2n) is 6.34. The molecule has 1 aromatic heterocycles. The molecule has 0 saturated heterocycles. The van der Waals surface area contributed by atoms with Crippen LogP contribution < -0.4 is 10.1 Å². The molecule has 3 aromatic rings. The zero-order valence-corrected chi connectivity index (χ0v) is 17.2. The maximum atomic E-state index is 12.7. The van der Waals surface area contributed by atoms with Crippen molar-refractivity contribution in [3.8, 4) is 11.4 Å². The molecular formula is C20H21BrN4O2. The van der Waals surface area contributed by atoms with Gasteiger partial charge in [0, 0.05) is 4.47 Å². The maximum absolute atomic E-state index is 12.7. The molecule has 1 heterocycles. The maximum Gasteiger partial charge on any atom is 0.274 e. The van der Waals surface area contributed by atoms with Gasteiger partial charge in [-0.05, 0) is 62.2 Å². The first-order chi connectivity index (χ1) is 12.9. The molecule has 1 atom stereocenters. The number of amides is 1. The van der Waals surface area contributed by atoms with E-state index in [1.807, 2.05) is 63.2 Å². The van der Waals surface area contributed by atoms with Gasteiger partial charge in [-0.15, -0.1) is 5.10 Å². The van der Waals surface area contributed by atoms with Gasteiger partial charge in [-0.25, -0.2) is 4.68 Å². The SMILES string of the molecule is COc1ccc([C@H](C)NC(=O)c2nnn(-c3ccc(Br)c(C)c3)c2C)cc1. The van der Waals surface area contributed by atoms with Crippen LogP contribution in [0.2, 0.25) is 0 Å². The summed E-state index contributed by atoms with van der Waals surface area (Å²) in [5.74, 6) is 0.525. The van der Waals surface area contributed by atoms with Gasteiger partial charge in [0.05, 0.1) is 24.5 Å². The summed E-state index contributed by atoms with van der Waals surface area (Å²) in [6.07, 6.45) is 0. The van der Waals surface area contributed by atoms with Crippen LogP contribution in [-0.2, 0) is 0 Å². The normalized spacial score (nSPS) is 11.9. The van der Waals surface area contributed by atoms with Crippen molar-refractivity contribution in [2.24, 2.45) is 0 Å². The predicted molar refractivity (Wildman–Crippen MR) is 107 cm³/mol. The van der Waals surface area contributed by atoms with Gasteiger partial charge in [0.2, 0.25) is 0 Å². The number of halogens is 1. The molecule has 27 heavy (non-hydrogen) atoms. The number of carbonyl (C=O) groups excluding carboxylic acids is 1. The monoisotopic (exact) mass is 428 g/mol. The molecule has 0 aliphatic carbocycles. The average Bonchev–Trinajstić information content (AvgIpc) is 3.05. The Balaban J connectivity index is 1.78. The molecule has 140 valence electrons. The number of methoxy groups -OCH3 is 1. The van der Waals surface area contributed by atoms with Gasteiger partial charge in [0.15, 0.2) is 5.69 Å². The Hall–Kier alpha value is -2.67. The van der Waals surface area contributed by atoms with Crippen molar-refractivity contribution in [3.63, 3.8) is 0 Å². The number of benzene rings is 2. The Morgan fingerprint density at radius 1 is 1.19 bits per heavy atom. The van der Waals surface area contributed by atoms with Crippen molar-refractivity contribution in [2.75, 3.05) is 7.11 Å². The number of aromatic nitrogens is 3.